The largest absolute Gasteiger partial charge is 0.478 e. The highest BCUT2D eigenvalue weighted by atomic mass is 35.5. The number of nitrogens with one attached hydrogen (secondary N) is 1. The van der Waals surface area contributed by atoms with E-state index in [4.69, 9.17) is 21.4 Å². The van der Waals surface area contributed by atoms with Crippen molar-refractivity contribution in [2.75, 3.05) is 36.6 Å². The number of benzene rings is 2. The number of hydrogen-bond donors (Lipinski definition) is 2. The molecule has 2 aromatic rings. The minimum atomic E-state index is -1.07. The van der Waals surface area contributed by atoms with Gasteiger partial charge in [-0.15, -0.1) is 0 Å². The molecule has 0 saturated carbocycles. The molecule has 0 amide bonds. The Morgan fingerprint density at radius 1 is 1.20 bits per heavy atom. The monoisotopic (exact) mass is 359 g/mol. The van der Waals surface area contributed by atoms with E-state index in [1.807, 2.05) is 12.1 Å². The van der Waals surface area contributed by atoms with Gasteiger partial charge < -0.3 is 14.7 Å². The molecule has 0 spiro atoms. The van der Waals surface area contributed by atoms with Gasteiger partial charge in [-0.25, -0.2) is 4.79 Å². The van der Waals surface area contributed by atoms with Crippen molar-refractivity contribution in [3.8, 4) is 0 Å². The van der Waals surface area contributed by atoms with Crippen LogP contribution < -0.4 is 10.3 Å². The molecular weight excluding hydrogens is 342 g/mol. The van der Waals surface area contributed by atoms with Gasteiger partial charge in [0.05, 0.1) is 35.7 Å². The lowest BCUT2D eigenvalue weighted by atomic mass is 10.2. The predicted octanol–water partition coefficient (Wildman–Crippen LogP) is 3.32. The first-order valence-electron chi connectivity index (χ1n) is 7.88. The summed E-state index contributed by atoms with van der Waals surface area (Å²) in [6.07, 6.45) is 1.68. The van der Waals surface area contributed by atoms with E-state index in [0.717, 1.165) is 37.6 Å². The van der Waals surface area contributed by atoms with Gasteiger partial charge in [-0.1, -0.05) is 23.7 Å². The van der Waals surface area contributed by atoms with E-state index in [1.165, 1.54) is 12.1 Å². The maximum Gasteiger partial charge on any atom is 0.337 e. The second-order valence-corrected chi connectivity index (χ2v) is 5.97. The Labute approximate surface area is 150 Å². The van der Waals surface area contributed by atoms with Crippen molar-refractivity contribution in [3.63, 3.8) is 0 Å². The van der Waals surface area contributed by atoms with Crippen LogP contribution in [-0.4, -0.2) is 43.6 Å². The zero-order valence-corrected chi connectivity index (χ0v) is 14.2. The molecule has 0 atom stereocenters. The highest BCUT2D eigenvalue weighted by Crippen LogP contribution is 2.20. The van der Waals surface area contributed by atoms with Gasteiger partial charge in [0, 0.05) is 18.8 Å². The van der Waals surface area contributed by atoms with Gasteiger partial charge in [0.1, 0.15) is 0 Å². The van der Waals surface area contributed by atoms with E-state index in [1.54, 1.807) is 12.3 Å². The fourth-order valence-corrected chi connectivity index (χ4v) is 2.73. The first-order valence-corrected chi connectivity index (χ1v) is 8.26. The summed E-state index contributed by atoms with van der Waals surface area (Å²) >= 11 is 5.84. The van der Waals surface area contributed by atoms with E-state index in [-0.39, 0.29) is 10.6 Å². The van der Waals surface area contributed by atoms with Crippen LogP contribution in [0.15, 0.2) is 47.6 Å². The molecule has 0 bridgehead atoms. The molecule has 1 fully saturated rings. The average molecular weight is 360 g/mol. The van der Waals surface area contributed by atoms with Crippen molar-refractivity contribution in [1.29, 1.82) is 0 Å². The van der Waals surface area contributed by atoms with Crippen LogP contribution in [0, 0.1) is 0 Å². The van der Waals surface area contributed by atoms with Gasteiger partial charge in [-0.05, 0) is 35.9 Å². The molecule has 25 heavy (non-hydrogen) atoms. The third-order valence-electron chi connectivity index (χ3n) is 3.87. The number of rotatable bonds is 5. The number of hydrazone groups is 1. The number of carboxylic acid groups (broad SMARTS) is 1. The van der Waals surface area contributed by atoms with Crippen molar-refractivity contribution in [1.82, 2.24) is 0 Å². The third-order valence-corrected chi connectivity index (χ3v) is 4.20. The normalized spacial score (nSPS) is 14.7. The van der Waals surface area contributed by atoms with Gasteiger partial charge in [-0.2, -0.15) is 5.10 Å². The van der Waals surface area contributed by atoms with E-state index < -0.39 is 5.97 Å². The van der Waals surface area contributed by atoms with Crippen molar-refractivity contribution >= 4 is 35.2 Å². The summed E-state index contributed by atoms with van der Waals surface area (Å²) in [6.45, 7) is 3.31. The number of hydrogen-bond acceptors (Lipinski definition) is 5. The minimum absolute atomic E-state index is 0.0386. The molecule has 0 aromatic heterocycles. The van der Waals surface area contributed by atoms with Gasteiger partial charge in [0.25, 0.3) is 0 Å². The summed E-state index contributed by atoms with van der Waals surface area (Å²) in [5.41, 5.74) is 5.52. The zero-order valence-electron chi connectivity index (χ0n) is 13.5. The van der Waals surface area contributed by atoms with Gasteiger partial charge in [0.15, 0.2) is 0 Å². The van der Waals surface area contributed by atoms with Crippen molar-refractivity contribution in [2.24, 2.45) is 5.10 Å². The summed E-state index contributed by atoms with van der Waals surface area (Å²) in [5, 5.41) is 13.4. The Kier molecular flexibility index (Phi) is 5.53. The van der Waals surface area contributed by atoms with E-state index in [0.29, 0.717) is 5.69 Å². The summed E-state index contributed by atoms with van der Waals surface area (Å²) in [5.74, 6) is -1.07. The smallest absolute Gasteiger partial charge is 0.337 e. The van der Waals surface area contributed by atoms with Crippen LogP contribution in [0.3, 0.4) is 0 Å². The molecule has 0 radical (unpaired) electrons. The second kappa shape index (κ2) is 8.00. The van der Waals surface area contributed by atoms with Crippen molar-refractivity contribution in [2.45, 2.75) is 0 Å². The van der Waals surface area contributed by atoms with Crippen LogP contribution in [0.5, 0.6) is 0 Å². The number of morpholine rings is 1. The summed E-state index contributed by atoms with van der Waals surface area (Å²) in [7, 11) is 0. The number of halogens is 1. The van der Waals surface area contributed by atoms with E-state index in [2.05, 4.69) is 27.6 Å². The summed E-state index contributed by atoms with van der Waals surface area (Å²) in [6, 6.07) is 12.7. The lowest BCUT2D eigenvalue weighted by Gasteiger charge is -2.28. The van der Waals surface area contributed by atoms with Crippen LogP contribution in [-0.2, 0) is 4.74 Å². The fourth-order valence-electron chi connectivity index (χ4n) is 2.53. The lowest BCUT2D eigenvalue weighted by molar-refractivity contribution is 0.0697. The highest BCUT2D eigenvalue weighted by molar-refractivity contribution is 6.33. The predicted molar refractivity (Wildman–Crippen MR) is 99.1 cm³/mol. The Morgan fingerprint density at radius 2 is 1.92 bits per heavy atom. The number of carbonyl (C=O) groups is 1. The molecule has 1 aliphatic rings. The molecule has 2 N–H and O–H groups in total. The summed E-state index contributed by atoms with van der Waals surface area (Å²) in [4.78, 5) is 13.4. The molecule has 0 unspecified atom stereocenters. The molecule has 130 valence electrons. The molecule has 1 aliphatic heterocycles. The Hall–Kier alpha value is -2.57. The number of nitrogens with zero attached hydrogens (tertiary/aromatic N) is 2. The van der Waals surface area contributed by atoms with Gasteiger partial charge in [0.2, 0.25) is 0 Å². The average Bonchev–Trinajstić information content (AvgIpc) is 2.64. The van der Waals surface area contributed by atoms with Gasteiger partial charge in [-0.3, -0.25) is 5.43 Å². The summed E-state index contributed by atoms with van der Waals surface area (Å²) < 4.78 is 5.35. The molecule has 2 aromatic carbocycles. The molecule has 3 rings (SSSR count). The number of anilines is 2. The highest BCUT2D eigenvalue weighted by Gasteiger charge is 2.10. The first kappa shape index (κ1) is 17.3. The van der Waals surface area contributed by atoms with E-state index >= 15 is 0 Å². The zero-order chi connectivity index (χ0) is 17.6. The quantitative estimate of drug-likeness (QED) is 0.632. The molecule has 1 heterocycles. The Bertz CT molecular complexity index is 772. The number of ether oxygens (including phenoxy) is 1. The van der Waals surface area contributed by atoms with Crippen molar-refractivity contribution < 1.29 is 14.6 Å². The molecule has 0 aliphatic carbocycles. The maximum absolute atomic E-state index is 11.1. The standard InChI is InChI=1S/C18H18ClN3O3/c19-17-6-3-14(11-16(17)18(23)24)21-20-12-13-1-4-15(5-2-13)22-7-9-25-10-8-22/h1-6,11-12,21H,7-10H2,(H,23,24)/b20-12-. The van der Waals surface area contributed by atoms with Gasteiger partial charge >= 0.3 is 5.97 Å². The molecule has 1 saturated heterocycles. The van der Waals surface area contributed by atoms with Crippen LogP contribution in [0.4, 0.5) is 11.4 Å². The maximum atomic E-state index is 11.1. The second-order valence-electron chi connectivity index (χ2n) is 5.56. The van der Waals surface area contributed by atoms with E-state index in [9.17, 15) is 4.79 Å². The SMILES string of the molecule is O=C(O)c1cc(N/N=C\c2ccc(N3CCOCC3)cc2)ccc1Cl. The first-order chi connectivity index (χ1) is 12.1. The van der Waals surface area contributed by atoms with Crippen molar-refractivity contribution in [3.05, 3.63) is 58.6 Å². The Balaban J connectivity index is 1.62. The fraction of sp³-hybridized carbons (Fsp3) is 0.222. The van der Waals surface area contributed by atoms with Crippen LogP contribution in [0.1, 0.15) is 15.9 Å². The topological polar surface area (TPSA) is 74.2 Å². The molecule has 6 nitrogen and oxygen atoms in total. The van der Waals surface area contributed by atoms with Crippen LogP contribution >= 0.6 is 11.6 Å². The minimum Gasteiger partial charge on any atom is -0.478 e. The lowest BCUT2D eigenvalue weighted by Crippen LogP contribution is -2.36. The van der Waals surface area contributed by atoms with Crippen LogP contribution in [0.25, 0.3) is 0 Å². The number of aromatic carboxylic acids is 1. The third kappa shape index (κ3) is 4.49. The number of carboxylic acids is 1. The Morgan fingerprint density at radius 3 is 2.60 bits per heavy atom. The van der Waals surface area contributed by atoms with Crippen LogP contribution in [0.2, 0.25) is 5.02 Å². The molecular formula is C18H18ClN3O3. The molecule has 7 heteroatoms.